The molecule has 2 saturated heterocycles. The average molecular weight is 1130 g/mol. The Bertz CT molecular complexity index is 2710. The maximum Gasteiger partial charge on any atom is 0.407 e. The summed E-state index contributed by atoms with van der Waals surface area (Å²) in [6, 6.07) is 27.4. The van der Waals surface area contributed by atoms with Crippen LogP contribution in [0.25, 0.3) is 0 Å². The lowest BCUT2D eigenvalue weighted by molar-refractivity contribution is -0.384. The zero-order valence-electron chi connectivity index (χ0n) is 44.7. The molecule has 5 N–H and O–H groups in total. The molecule has 6 atom stereocenters. The van der Waals surface area contributed by atoms with E-state index in [0.717, 1.165) is 27.6 Å². The molecule has 2 fully saturated rings. The van der Waals surface area contributed by atoms with E-state index in [4.69, 9.17) is 34.2 Å². The Morgan fingerprint density at radius 2 is 1.14 bits per heavy atom. The average Bonchev–Trinajstić information content (AvgIpc) is 4.13. The molecule has 4 aromatic carbocycles. The van der Waals surface area contributed by atoms with Gasteiger partial charge in [-0.1, -0.05) is 88.4 Å². The predicted octanol–water partition coefficient (Wildman–Crippen LogP) is 5.72. The number of aliphatic hydroxyl groups excluding tert-OH is 1. The van der Waals surface area contributed by atoms with Crippen molar-refractivity contribution in [1.29, 1.82) is 0 Å². The number of ether oxygens (including phenoxy) is 6. The van der Waals surface area contributed by atoms with Crippen molar-refractivity contribution in [3.8, 4) is 0 Å². The summed E-state index contributed by atoms with van der Waals surface area (Å²) in [6.07, 6.45) is -2.89. The highest BCUT2D eigenvalue weighted by atomic mass is 32.2. The number of nitro benzene ring substituents is 1. The van der Waals surface area contributed by atoms with E-state index in [-0.39, 0.29) is 85.5 Å². The van der Waals surface area contributed by atoms with Crippen molar-refractivity contribution in [2.45, 2.75) is 106 Å². The highest BCUT2D eigenvalue weighted by molar-refractivity contribution is 7.89. The van der Waals surface area contributed by atoms with Crippen LogP contribution in [-0.2, 0) is 66.1 Å². The van der Waals surface area contributed by atoms with Crippen molar-refractivity contribution < 1.29 is 69.7 Å². The molecule has 0 aromatic heterocycles. The van der Waals surface area contributed by atoms with Gasteiger partial charge in [0.05, 0.1) is 78.9 Å². The third-order valence-corrected chi connectivity index (χ3v) is 16.0. The summed E-state index contributed by atoms with van der Waals surface area (Å²) in [7, 11) is -6.64. The molecule has 78 heavy (non-hydrogen) atoms. The van der Waals surface area contributed by atoms with E-state index < -0.39 is 73.5 Å². The molecule has 24 heteroatoms. The zero-order chi connectivity index (χ0) is 56.8. The maximum atomic E-state index is 13.8. The topological polar surface area (TPSA) is 295 Å². The fraction of sp³-hybridized carbons (Fsp3) is 0.500. The predicted molar refractivity (Wildman–Crippen MR) is 289 cm³/mol. The van der Waals surface area contributed by atoms with Crippen molar-refractivity contribution in [1.82, 2.24) is 19.2 Å². The van der Waals surface area contributed by atoms with Crippen LogP contribution >= 0.6 is 0 Å². The van der Waals surface area contributed by atoms with E-state index in [2.05, 4.69) is 10.6 Å². The van der Waals surface area contributed by atoms with Gasteiger partial charge in [-0.25, -0.2) is 26.4 Å². The van der Waals surface area contributed by atoms with Crippen LogP contribution in [0.3, 0.4) is 0 Å². The van der Waals surface area contributed by atoms with Crippen molar-refractivity contribution >= 4 is 49.6 Å². The van der Waals surface area contributed by atoms with E-state index in [1.165, 1.54) is 47.8 Å². The number of carbonyl (C=O) groups excluding carboxylic acids is 3. The van der Waals surface area contributed by atoms with Crippen LogP contribution in [0.4, 0.5) is 21.0 Å². The molecule has 6 rings (SSSR count). The van der Waals surface area contributed by atoms with E-state index in [1.807, 2.05) is 88.4 Å². The number of nitrogen functional groups attached to an aromatic ring is 1. The molecule has 2 heterocycles. The number of aliphatic hydroxyl groups is 1. The van der Waals surface area contributed by atoms with Crippen LogP contribution in [0, 0.1) is 22.0 Å². The number of hydrogen-bond acceptors (Lipinski definition) is 17. The van der Waals surface area contributed by atoms with Gasteiger partial charge < -0.3 is 49.9 Å². The molecule has 0 aliphatic carbocycles. The molecule has 2 aliphatic heterocycles. The Balaban J connectivity index is 0.000000289. The summed E-state index contributed by atoms with van der Waals surface area (Å²) >= 11 is 0. The number of esters is 1. The van der Waals surface area contributed by atoms with E-state index >= 15 is 0 Å². The molecular weight excluding hydrogens is 1050 g/mol. The first-order valence-electron chi connectivity index (χ1n) is 25.8. The van der Waals surface area contributed by atoms with Gasteiger partial charge in [-0.3, -0.25) is 14.9 Å². The van der Waals surface area contributed by atoms with Crippen LogP contribution in [0.2, 0.25) is 0 Å². The molecule has 22 nitrogen and oxygen atoms in total. The molecule has 0 spiro atoms. The third-order valence-electron chi connectivity index (χ3n) is 12.3. The van der Waals surface area contributed by atoms with Crippen LogP contribution in [0.5, 0.6) is 0 Å². The van der Waals surface area contributed by atoms with Gasteiger partial charge in [0.15, 0.2) is 0 Å². The summed E-state index contributed by atoms with van der Waals surface area (Å²) in [5.74, 6) is -0.701. The van der Waals surface area contributed by atoms with Gasteiger partial charge in [-0.05, 0) is 72.2 Å². The highest BCUT2D eigenvalue weighted by Gasteiger charge is 2.36. The van der Waals surface area contributed by atoms with Gasteiger partial charge in [-0.15, -0.1) is 0 Å². The largest absolute Gasteiger partial charge is 0.459 e. The number of carbonyl (C=O) groups is 3. The molecule has 4 aromatic rings. The van der Waals surface area contributed by atoms with Crippen molar-refractivity contribution in [2.75, 3.05) is 72.1 Å². The van der Waals surface area contributed by atoms with Crippen LogP contribution in [0.1, 0.15) is 58.1 Å². The molecule has 2 amide bonds. The summed E-state index contributed by atoms with van der Waals surface area (Å²) < 4.78 is 89.3. The Kier molecular flexibility index (Phi) is 24.7. The molecule has 0 bridgehead atoms. The van der Waals surface area contributed by atoms with Crippen LogP contribution < -0.4 is 16.4 Å². The Morgan fingerprint density at radius 1 is 0.692 bits per heavy atom. The first-order chi connectivity index (χ1) is 37.1. The number of anilines is 1. The fourth-order valence-electron chi connectivity index (χ4n) is 8.41. The van der Waals surface area contributed by atoms with Crippen molar-refractivity contribution in [2.24, 2.45) is 11.8 Å². The smallest absolute Gasteiger partial charge is 0.407 e. The summed E-state index contributed by atoms with van der Waals surface area (Å²) in [5.41, 5.74) is 7.68. The quantitative estimate of drug-likeness (QED) is 0.0182. The van der Waals surface area contributed by atoms with Gasteiger partial charge in [0, 0.05) is 57.4 Å². The first-order valence-corrected chi connectivity index (χ1v) is 28.7. The molecule has 2 aliphatic rings. The highest BCUT2D eigenvalue weighted by Crippen LogP contribution is 2.24. The van der Waals surface area contributed by atoms with Gasteiger partial charge in [0.25, 0.3) is 5.69 Å². The number of benzene rings is 4. The Morgan fingerprint density at radius 3 is 1.58 bits per heavy atom. The number of hydrogen-bond donors (Lipinski definition) is 4. The second-order valence-electron chi connectivity index (χ2n) is 19.8. The number of alkyl carbamates (subject to hydrolysis) is 2. The Labute approximate surface area is 457 Å². The maximum absolute atomic E-state index is 13.8. The van der Waals surface area contributed by atoms with E-state index in [1.54, 1.807) is 0 Å². The summed E-state index contributed by atoms with van der Waals surface area (Å²) in [6.45, 7) is 8.94. The minimum atomic E-state index is -4.10. The van der Waals surface area contributed by atoms with Crippen molar-refractivity contribution in [3.05, 3.63) is 130 Å². The lowest BCUT2D eigenvalue weighted by Crippen LogP contribution is -2.53. The Hall–Kier alpha value is -6.25. The molecule has 0 saturated carbocycles. The van der Waals surface area contributed by atoms with E-state index in [9.17, 15) is 46.4 Å². The number of sulfonamides is 2. The zero-order valence-corrected chi connectivity index (χ0v) is 46.4. The summed E-state index contributed by atoms with van der Waals surface area (Å²) in [5, 5.41) is 27.7. The van der Waals surface area contributed by atoms with Gasteiger partial charge >= 0.3 is 18.2 Å². The fourth-order valence-corrected chi connectivity index (χ4v) is 11.6. The number of nitro groups is 1. The number of amides is 2. The molecule has 0 unspecified atom stereocenters. The number of nitrogens with one attached hydrogen (secondary N) is 2. The minimum absolute atomic E-state index is 0.0379. The third kappa shape index (κ3) is 20.2. The second kappa shape index (κ2) is 30.8. The van der Waals surface area contributed by atoms with E-state index in [0.29, 0.717) is 45.0 Å². The minimum Gasteiger partial charge on any atom is -0.459 e. The normalized spacial score (nSPS) is 17.2. The van der Waals surface area contributed by atoms with Gasteiger partial charge in [0.2, 0.25) is 20.0 Å². The SMILES string of the molecule is CC(C)CN(C[C@@H](O)[C@H](Cc1ccccc1)NC(=O)O[C@H]1CCOC1)S(=O)(=O)c1ccc([N+](=O)[O-])cc1.COCCC(=O)O[C@H](CN(CC(C)C)S(=O)(=O)c1ccc(N)cc1)[C@H](Cc1ccccc1)NC(=O)O[C@H]1CCOC1. The first kappa shape index (κ1) is 62.6. The number of non-ortho nitro benzene ring substituents is 1. The molecular formula is C54H74N6O16S2. The van der Waals surface area contributed by atoms with Crippen LogP contribution in [-0.4, -0.2) is 156 Å². The second-order valence-corrected chi connectivity index (χ2v) is 23.6. The van der Waals surface area contributed by atoms with Gasteiger partial charge in [-0.2, -0.15) is 8.61 Å². The summed E-state index contributed by atoms with van der Waals surface area (Å²) in [4.78, 5) is 48.7. The number of methoxy groups -OCH3 is 1. The number of nitrogens with zero attached hydrogens (tertiary/aromatic N) is 3. The lowest BCUT2D eigenvalue weighted by atomic mass is 10.0. The molecule has 0 radical (unpaired) electrons. The number of nitrogens with two attached hydrogens (primary N) is 1. The molecule has 428 valence electrons. The van der Waals surface area contributed by atoms with Crippen molar-refractivity contribution in [3.63, 3.8) is 0 Å². The monoisotopic (exact) mass is 1130 g/mol. The van der Waals surface area contributed by atoms with Gasteiger partial charge in [0.1, 0.15) is 18.3 Å². The lowest BCUT2D eigenvalue weighted by Gasteiger charge is -2.33. The standard InChI is InChI=1S/C29H41N3O8S.C25H33N3O8S/c1-21(2)18-32(41(35,36)25-11-9-23(30)10-12-25)19-27(40-28(33)14-15-37-3)26(17-22-7-5-4-6-8-22)31-29(34)39-24-13-16-38-20-24;1-18(2)15-27(37(33,34)22-10-8-20(9-11-22)28(31)32)16-24(29)23(14-19-6-4-3-5-7-19)26-25(30)36-21-12-13-35-17-21/h4-12,21,24,26-27H,13-20,30H2,1-3H3,(H,31,34);3-11,18,21,23-24,29H,12-17H2,1-2H3,(H,26,30)/t24-,26-,27+;21-,23-,24+/m00/s1. The number of rotatable bonds is 27. The van der Waals surface area contributed by atoms with Crippen LogP contribution in [0.15, 0.2) is 119 Å².